The predicted octanol–water partition coefficient (Wildman–Crippen LogP) is 2.42. The number of carboxylic acids is 1. The van der Waals surface area contributed by atoms with Gasteiger partial charge in [-0.2, -0.15) is 0 Å². The van der Waals surface area contributed by atoms with Gasteiger partial charge in [-0.15, -0.1) is 0 Å². The highest BCUT2D eigenvalue weighted by molar-refractivity contribution is 5.67. The summed E-state index contributed by atoms with van der Waals surface area (Å²) in [5.74, 6) is 0.00153. The van der Waals surface area contributed by atoms with Gasteiger partial charge in [0.15, 0.2) is 0 Å². The van der Waals surface area contributed by atoms with E-state index in [0.717, 1.165) is 18.0 Å². The molecule has 0 radical (unpaired) electrons. The molecule has 0 bridgehead atoms. The Morgan fingerprint density at radius 2 is 2.15 bits per heavy atom. The van der Waals surface area contributed by atoms with Crippen molar-refractivity contribution in [3.05, 3.63) is 23.8 Å². The second-order valence-electron chi connectivity index (χ2n) is 5.25. The van der Waals surface area contributed by atoms with Crippen LogP contribution in [0.3, 0.4) is 0 Å². The van der Waals surface area contributed by atoms with Crippen molar-refractivity contribution in [2.24, 2.45) is 0 Å². The highest BCUT2D eigenvalue weighted by atomic mass is 16.5. The van der Waals surface area contributed by atoms with Crippen LogP contribution in [-0.2, 0) is 11.3 Å². The average molecular weight is 280 g/mol. The van der Waals surface area contributed by atoms with E-state index >= 15 is 0 Å². The van der Waals surface area contributed by atoms with E-state index in [-0.39, 0.29) is 12.5 Å². The first-order chi connectivity index (χ1) is 9.42. The molecule has 20 heavy (non-hydrogen) atoms. The number of hydrogen-bond donors (Lipinski definition) is 2. The number of ether oxygens (including phenoxy) is 1. The van der Waals surface area contributed by atoms with Crippen molar-refractivity contribution in [1.29, 1.82) is 0 Å². The number of nitrogens with zero attached hydrogens (tertiary/aromatic N) is 1. The van der Waals surface area contributed by atoms with Crippen molar-refractivity contribution in [3.63, 3.8) is 0 Å². The fourth-order valence-electron chi connectivity index (χ4n) is 2.01. The lowest BCUT2D eigenvalue weighted by Crippen LogP contribution is -2.17. The quantitative estimate of drug-likeness (QED) is 0.766. The van der Waals surface area contributed by atoms with E-state index in [4.69, 9.17) is 9.84 Å². The van der Waals surface area contributed by atoms with Crippen LogP contribution in [0.2, 0.25) is 0 Å². The molecule has 5 nitrogen and oxygen atoms in total. The van der Waals surface area contributed by atoms with Crippen molar-refractivity contribution < 1.29 is 14.6 Å². The minimum absolute atomic E-state index is 0.0783. The first-order valence-corrected chi connectivity index (χ1v) is 6.72. The first-order valence-electron chi connectivity index (χ1n) is 6.72. The molecule has 1 rings (SSSR count). The molecular weight excluding hydrogens is 256 g/mol. The summed E-state index contributed by atoms with van der Waals surface area (Å²) in [5, 5.41) is 12.0. The van der Waals surface area contributed by atoms with E-state index in [2.05, 4.69) is 16.3 Å². The smallest absolute Gasteiger partial charge is 0.303 e. The summed E-state index contributed by atoms with van der Waals surface area (Å²) >= 11 is 0. The van der Waals surface area contributed by atoms with Gasteiger partial charge in [-0.05, 0) is 45.1 Å². The Kier molecular flexibility index (Phi) is 6.31. The summed E-state index contributed by atoms with van der Waals surface area (Å²) in [6.45, 7) is 2.82. The Morgan fingerprint density at radius 3 is 2.70 bits per heavy atom. The second kappa shape index (κ2) is 7.75. The largest absolute Gasteiger partial charge is 0.495 e. The minimum atomic E-state index is -0.771. The summed E-state index contributed by atoms with van der Waals surface area (Å²) in [4.78, 5) is 12.7. The molecule has 1 atom stereocenters. The van der Waals surface area contributed by atoms with Gasteiger partial charge >= 0.3 is 5.97 Å². The maximum atomic E-state index is 10.6. The Labute approximate surface area is 120 Å². The number of benzene rings is 1. The maximum absolute atomic E-state index is 10.6. The Balaban J connectivity index is 2.77. The van der Waals surface area contributed by atoms with Crippen LogP contribution in [0.4, 0.5) is 5.69 Å². The van der Waals surface area contributed by atoms with Gasteiger partial charge in [0, 0.05) is 19.0 Å². The molecule has 0 aliphatic rings. The van der Waals surface area contributed by atoms with Crippen molar-refractivity contribution >= 4 is 11.7 Å². The van der Waals surface area contributed by atoms with Crippen LogP contribution in [-0.4, -0.2) is 43.2 Å². The van der Waals surface area contributed by atoms with Gasteiger partial charge in [0.05, 0.1) is 12.8 Å². The number of nitrogens with one attached hydrogen (secondary N) is 1. The van der Waals surface area contributed by atoms with Crippen molar-refractivity contribution in [2.75, 3.05) is 26.5 Å². The minimum Gasteiger partial charge on any atom is -0.495 e. The number of methoxy groups -OCH3 is 1. The third-order valence-electron chi connectivity index (χ3n) is 2.96. The molecule has 0 aromatic heterocycles. The lowest BCUT2D eigenvalue weighted by Gasteiger charge is -2.19. The monoisotopic (exact) mass is 280 g/mol. The van der Waals surface area contributed by atoms with Crippen LogP contribution in [0.1, 0.15) is 25.3 Å². The SMILES string of the molecule is COc1ccc(CN(C)C)cc1NC(C)CCC(=O)O. The third kappa shape index (κ3) is 5.48. The predicted molar refractivity (Wildman–Crippen MR) is 80.3 cm³/mol. The molecule has 0 aliphatic heterocycles. The molecule has 0 saturated heterocycles. The van der Waals surface area contributed by atoms with Gasteiger partial charge in [0.1, 0.15) is 5.75 Å². The van der Waals surface area contributed by atoms with E-state index in [1.165, 1.54) is 5.56 Å². The lowest BCUT2D eigenvalue weighted by molar-refractivity contribution is -0.137. The van der Waals surface area contributed by atoms with Crippen molar-refractivity contribution in [1.82, 2.24) is 4.90 Å². The summed E-state index contributed by atoms with van der Waals surface area (Å²) in [7, 11) is 5.67. The molecule has 1 unspecified atom stereocenters. The Hall–Kier alpha value is -1.75. The number of carbonyl (C=O) groups is 1. The van der Waals surface area contributed by atoms with E-state index in [1.54, 1.807) is 7.11 Å². The molecule has 1 aromatic rings. The molecule has 112 valence electrons. The fraction of sp³-hybridized carbons (Fsp3) is 0.533. The zero-order valence-corrected chi connectivity index (χ0v) is 12.6. The van der Waals surface area contributed by atoms with Gasteiger partial charge in [0.2, 0.25) is 0 Å². The summed E-state index contributed by atoms with van der Waals surface area (Å²) < 4.78 is 5.34. The maximum Gasteiger partial charge on any atom is 0.303 e. The molecule has 0 aliphatic carbocycles. The van der Waals surface area contributed by atoms with Gasteiger partial charge in [-0.25, -0.2) is 0 Å². The number of rotatable bonds is 8. The zero-order valence-electron chi connectivity index (χ0n) is 12.6. The molecule has 1 aromatic carbocycles. The number of hydrogen-bond acceptors (Lipinski definition) is 4. The number of anilines is 1. The average Bonchev–Trinajstić information content (AvgIpc) is 2.36. The standard InChI is InChI=1S/C15H24N2O3/c1-11(5-8-15(18)19)16-13-9-12(10-17(2)3)6-7-14(13)20-4/h6-7,9,11,16H,5,8,10H2,1-4H3,(H,18,19). The van der Waals surface area contributed by atoms with Gasteiger partial charge < -0.3 is 20.1 Å². The summed E-state index contributed by atoms with van der Waals surface area (Å²) in [6.07, 6.45) is 0.740. The zero-order chi connectivity index (χ0) is 15.1. The molecular formula is C15H24N2O3. The molecule has 5 heteroatoms. The van der Waals surface area contributed by atoms with Gasteiger partial charge in [-0.3, -0.25) is 4.79 Å². The highest BCUT2D eigenvalue weighted by Gasteiger charge is 2.10. The summed E-state index contributed by atoms with van der Waals surface area (Å²) in [6, 6.07) is 6.10. The molecule has 0 heterocycles. The number of aliphatic carboxylic acids is 1. The van der Waals surface area contributed by atoms with Gasteiger partial charge in [0.25, 0.3) is 0 Å². The van der Waals surface area contributed by atoms with E-state index in [0.29, 0.717) is 6.42 Å². The molecule has 0 amide bonds. The van der Waals surface area contributed by atoms with Crippen molar-refractivity contribution in [2.45, 2.75) is 32.4 Å². The first kappa shape index (κ1) is 16.3. The topological polar surface area (TPSA) is 61.8 Å². The molecule has 0 saturated carbocycles. The fourth-order valence-corrected chi connectivity index (χ4v) is 2.01. The van der Waals surface area contributed by atoms with Crippen LogP contribution < -0.4 is 10.1 Å². The summed E-state index contributed by atoms with van der Waals surface area (Å²) in [5.41, 5.74) is 2.09. The van der Waals surface area contributed by atoms with E-state index in [9.17, 15) is 4.79 Å². The number of carboxylic acid groups (broad SMARTS) is 1. The second-order valence-corrected chi connectivity index (χ2v) is 5.25. The van der Waals surface area contributed by atoms with E-state index < -0.39 is 5.97 Å². The Morgan fingerprint density at radius 1 is 1.45 bits per heavy atom. The Bertz CT molecular complexity index is 447. The van der Waals surface area contributed by atoms with Crippen LogP contribution in [0.25, 0.3) is 0 Å². The molecule has 2 N–H and O–H groups in total. The third-order valence-corrected chi connectivity index (χ3v) is 2.96. The van der Waals surface area contributed by atoms with E-state index in [1.807, 2.05) is 33.2 Å². The van der Waals surface area contributed by atoms with Crippen molar-refractivity contribution in [3.8, 4) is 5.75 Å². The molecule has 0 fully saturated rings. The normalized spacial score (nSPS) is 12.2. The molecule has 0 spiro atoms. The van der Waals surface area contributed by atoms with Crippen LogP contribution in [0.15, 0.2) is 18.2 Å². The van der Waals surface area contributed by atoms with Crippen LogP contribution in [0.5, 0.6) is 5.75 Å². The van der Waals surface area contributed by atoms with Crippen LogP contribution >= 0.6 is 0 Å². The van der Waals surface area contributed by atoms with Crippen LogP contribution in [0, 0.1) is 0 Å². The lowest BCUT2D eigenvalue weighted by atomic mass is 10.1. The highest BCUT2D eigenvalue weighted by Crippen LogP contribution is 2.27. The van der Waals surface area contributed by atoms with Gasteiger partial charge in [-0.1, -0.05) is 6.07 Å².